The topological polar surface area (TPSA) is 84.9 Å². The minimum Gasteiger partial charge on any atom is -0.493 e. The Morgan fingerprint density at radius 1 is 1.30 bits per heavy atom. The van der Waals surface area contributed by atoms with Crippen LogP contribution in [0.1, 0.15) is 38.1 Å². The standard InChI is InChI=1S/C14H19NO5/c1-5-19-11-8-9(6-7-10(11)12(16)17)15-13(18)20-14(2,3)4/h6-8H,5H2,1-4H3,(H,15,18)(H,16,17). The summed E-state index contributed by atoms with van der Waals surface area (Å²) in [5.74, 6) is -0.883. The molecule has 20 heavy (non-hydrogen) atoms. The lowest BCUT2D eigenvalue weighted by molar-refractivity contribution is 0.0634. The van der Waals surface area contributed by atoms with Crippen molar-refractivity contribution in [1.82, 2.24) is 0 Å². The van der Waals surface area contributed by atoms with Crippen LogP contribution in [0.2, 0.25) is 0 Å². The first kappa shape index (κ1) is 15.8. The predicted molar refractivity (Wildman–Crippen MR) is 74.4 cm³/mol. The molecule has 1 aromatic carbocycles. The number of carboxylic acid groups (broad SMARTS) is 1. The van der Waals surface area contributed by atoms with E-state index in [-0.39, 0.29) is 11.3 Å². The molecular weight excluding hydrogens is 262 g/mol. The molecule has 1 aromatic rings. The van der Waals surface area contributed by atoms with Crippen LogP contribution in [-0.4, -0.2) is 29.4 Å². The predicted octanol–water partition coefficient (Wildman–Crippen LogP) is 3.13. The number of anilines is 1. The van der Waals surface area contributed by atoms with Gasteiger partial charge in [0.2, 0.25) is 0 Å². The summed E-state index contributed by atoms with van der Waals surface area (Å²) in [5, 5.41) is 11.6. The molecule has 6 nitrogen and oxygen atoms in total. The van der Waals surface area contributed by atoms with Crippen molar-refractivity contribution >= 4 is 17.7 Å². The number of carboxylic acids is 1. The average Bonchev–Trinajstić information content (AvgIpc) is 2.26. The Kier molecular flexibility index (Phi) is 4.96. The van der Waals surface area contributed by atoms with Gasteiger partial charge in [-0.3, -0.25) is 5.32 Å². The first-order chi connectivity index (χ1) is 9.23. The molecule has 0 saturated carbocycles. The number of aromatic carboxylic acids is 1. The fourth-order valence-corrected chi connectivity index (χ4v) is 1.47. The first-order valence-electron chi connectivity index (χ1n) is 6.23. The van der Waals surface area contributed by atoms with Crippen molar-refractivity contribution in [2.75, 3.05) is 11.9 Å². The highest BCUT2D eigenvalue weighted by atomic mass is 16.6. The lowest BCUT2D eigenvalue weighted by Crippen LogP contribution is -2.27. The molecule has 0 aliphatic rings. The summed E-state index contributed by atoms with van der Waals surface area (Å²) in [6.45, 7) is 7.35. The maximum atomic E-state index is 11.6. The van der Waals surface area contributed by atoms with Crippen LogP contribution in [0.3, 0.4) is 0 Å². The molecule has 110 valence electrons. The molecule has 0 spiro atoms. The highest BCUT2D eigenvalue weighted by Crippen LogP contribution is 2.24. The summed E-state index contributed by atoms with van der Waals surface area (Å²) in [4.78, 5) is 22.7. The number of carbonyl (C=O) groups excluding carboxylic acids is 1. The molecule has 0 radical (unpaired) electrons. The number of ether oxygens (including phenoxy) is 2. The van der Waals surface area contributed by atoms with Gasteiger partial charge in [-0.15, -0.1) is 0 Å². The zero-order valence-electron chi connectivity index (χ0n) is 12.0. The Labute approximate surface area is 117 Å². The Morgan fingerprint density at radius 3 is 2.45 bits per heavy atom. The Balaban J connectivity index is 2.89. The van der Waals surface area contributed by atoms with E-state index in [0.717, 1.165) is 0 Å². The van der Waals surface area contributed by atoms with E-state index in [9.17, 15) is 9.59 Å². The van der Waals surface area contributed by atoms with Crippen LogP contribution >= 0.6 is 0 Å². The Hall–Kier alpha value is -2.24. The molecule has 0 unspecified atom stereocenters. The molecule has 6 heteroatoms. The van der Waals surface area contributed by atoms with Gasteiger partial charge in [0.1, 0.15) is 16.9 Å². The van der Waals surface area contributed by atoms with Gasteiger partial charge in [0.25, 0.3) is 0 Å². The molecule has 0 aliphatic carbocycles. The molecular formula is C14H19NO5. The number of amides is 1. The molecule has 2 N–H and O–H groups in total. The van der Waals surface area contributed by atoms with E-state index in [0.29, 0.717) is 12.3 Å². The van der Waals surface area contributed by atoms with Gasteiger partial charge in [-0.25, -0.2) is 9.59 Å². The van der Waals surface area contributed by atoms with Crippen molar-refractivity contribution in [3.05, 3.63) is 23.8 Å². The van der Waals surface area contributed by atoms with Crippen LogP contribution < -0.4 is 10.1 Å². The van der Waals surface area contributed by atoms with E-state index < -0.39 is 17.7 Å². The third-order valence-electron chi connectivity index (χ3n) is 2.16. The molecule has 0 fully saturated rings. The zero-order valence-corrected chi connectivity index (χ0v) is 12.0. The van der Waals surface area contributed by atoms with E-state index >= 15 is 0 Å². The zero-order chi connectivity index (χ0) is 15.3. The van der Waals surface area contributed by atoms with Crippen LogP contribution in [-0.2, 0) is 4.74 Å². The van der Waals surface area contributed by atoms with Crippen LogP contribution in [0.5, 0.6) is 5.75 Å². The molecule has 0 aliphatic heterocycles. The number of hydrogen-bond acceptors (Lipinski definition) is 4. The molecule has 0 saturated heterocycles. The summed E-state index contributed by atoms with van der Waals surface area (Å²) in [6, 6.07) is 4.31. The number of rotatable bonds is 4. The average molecular weight is 281 g/mol. The smallest absolute Gasteiger partial charge is 0.412 e. The number of hydrogen-bond donors (Lipinski definition) is 2. The summed E-state index contributed by atoms with van der Waals surface area (Å²) in [6.07, 6.45) is -0.608. The van der Waals surface area contributed by atoms with Gasteiger partial charge in [-0.1, -0.05) is 0 Å². The van der Waals surface area contributed by atoms with Crippen LogP contribution in [0, 0.1) is 0 Å². The molecule has 1 rings (SSSR count). The van der Waals surface area contributed by atoms with E-state index in [1.165, 1.54) is 18.2 Å². The second-order valence-electron chi connectivity index (χ2n) is 5.08. The normalized spacial score (nSPS) is 10.8. The molecule has 1 amide bonds. The fraction of sp³-hybridized carbons (Fsp3) is 0.429. The summed E-state index contributed by atoms with van der Waals surface area (Å²) in [7, 11) is 0. The monoisotopic (exact) mass is 281 g/mol. The lowest BCUT2D eigenvalue weighted by Gasteiger charge is -2.20. The summed E-state index contributed by atoms with van der Waals surface area (Å²) in [5.41, 5.74) is -0.150. The minimum absolute atomic E-state index is 0.0431. The maximum absolute atomic E-state index is 11.6. The van der Waals surface area contributed by atoms with Gasteiger partial charge in [-0.2, -0.15) is 0 Å². The van der Waals surface area contributed by atoms with Crippen LogP contribution in [0.4, 0.5) is 10.5 Å². The van der Waals surface area contributed by atoms with Gasteiger partial charge in [0.05, 0.1) is 6.61 Å². The SMILES string of the molecule is CCOc1cc(NC(=O)OC(C)(C)C)ccc1C(=O)O. The lowest BCUT2D eigenvalue weighted by atomic mass is 10.2. The highest BCUT2D eigenvalue weighted by Gasteiger charge is 2.17. The molecule has 0 aromatic heterocycles. The minimum atomic E-state index is -1.09. The number of carbonyl (C=O) groups is 2. The van der Waals surface area contributed by atoms with Gasteiger partial charge < -0.3 is 14.6 Å². The fourth-order valence-electron chi connectivity index (χ4n) is 1.47. The van der Waals surface area contributed by atoms with Crippen LogP contribution in [0.25, 0.3) is 0 Å². The Morgan fingerprint density at radius 2 is 1.95 bits per heavy atom. The largest absolute Gasteiger partial charge is 0.493 e. The molecule has 0 atom stereocenters. The van der Waals surface area contributed by atoms with Gasteiger partial charge in [0.15, 0.2) is 0 Å². The van der Waals surface area contributed by atoms with E-state index in [1.807, 2.05) is 0 Å². The van der Waals surface area contributed by atoms with Crippen molar-refractivity contribution in [3.63, 3.8) is 0 Å². The second kappa shape index (κ2) is 6.27. The summed E-state index contributed by atoms with van der Waals surface area (Å²) >= 11 is 0. The second-order valence-corrected chi connectivity index (χ2v) is 5.08. The van der Waals surface area contributed by atoms with Gasteiger partial charge >= 0.3 is 12.1 Å². The van der Waals surface area contributed by atoms with Gasteiger partial charge in [0, 0.05) is 11.8 Å². The maximum Gasteiger partial charge on any atom is 0.412 e. The first-order valence-corrected chi connectivity index (χ1v) is 6.23. The third-order valence-corrected chi connectivity index (χ3v) is 2.16. The van der Waals surface area contributed by atoms with Crippen molar-refractivity contribution in [2.24, 2.45) is 0 Å². The van der Waals surface area contributed by atoms with Crippen molar-refractivity contribution in [2.45, 2.75) is 33.3 Å². The molecule has 0 bridgehead atoms. The number of nitrogens with one attached hydrogen (secondary N) is 1. The molecule has 0 heterocycles. The van der Waals surface area contributed by atoms with E-state index in [4.69, 9.17) is 14.6 Å². The van der Waals surface area contributed by atoms with Gasteiger partial charge in [-0.05, 0) is 39.8 Å². The van der Waals surface area contributed by atoms with Crippen molar-refractivity contribution < 1.29 is 24.2 Å². The van der Waals surface area contributed by atoms with E-state index in [1.54, 1.807) is 27.7 Å². The van der Waals surface area contributed by atoms with E-state index in [2.05, 4.69) is 5.32 Å². The van der Waals surface area contributed by atoms with Crippen LogP contribution in [0.15, 0.2) is 18.2 Å². The number of benzene rings is 1. The third kappa shape index (κ3) is 4.79. The van der Waals surface area contributed by atoms with Crippen molar-refractivity contribution in [3.8, 4) is 5.75 Å². The highest BCUT2D eigenvalue weighted by molar-refractivity contribution is 5.93. The quantitative estimate of drug-likeness (QED) is 0.885. The Bertz CT molecular complexity index is 505. The summed E-state index contributed by atoms with van der Waals surface area (Å²) < 4.78 is 10.4. The van der Waals surface area contributed by atoms with Crippen molar-refractivity contribution in [1.29, 1.82) is 0 Å².